The Morgan fingerprint density at radius 1 is 1.03 bits per heavy atom. The van der Waals surface area contributed by atoms with Gasteiger partial charge in [0.1, 0.15) is 17.0 Å². The van der Waals surface area contributed by atoms with Crippen LogP contribution in [-0.4, -0.2) is 73.5 Å². The van der Waals surface area contributed by atoms with Crippen LogP contribution in [0.25, 0.3) is 44.6 Å². The van der Waals surface area contributed by atoms with Crippen LogP contribution in [0.4, 0.5) is 5.82 Å². The zero-order valence-electron chi connectivity index (χ0n) is 16.6. The van der Waals surface area contributed by atoms with Gasteiger partial charge in [-0.1, -0.05) is 0 Å². The zero-order valence-corrected chi connectivity index (χ0v) is 16.6. The lowest BCUT2D eigenvalue weighted by Gasteiger charge is -2.33. The van der Waals surface area contributed by atoms with Crippen LogP contribution in [0.1, 0.15) is 0 Å². The molecule has 5 aromatic heterocycles. The number of rotatable bonds is 3. The third kappa shape index (κ3) is 2.74. The Morgan fingerprint density at radius 2 is 1.93 bits per heavy atom. The van der Waals surface area contributed by atoms with Gasteiger partial charge in [-0.3, -0.25) is 10.2 Å². The van der Waals surface area contributed by atoms with E-state index in [1.807, 2.05) is 30.6 Å². The van der Waals surface area contributed by atoms with Crippen molar-refractivity contribution in [1.82, 2.24) is 40.2 Å². The molecule has 1 saturated heterocycles. The van der Waals surface area contributed by atoms with Gasteiger partial charge in [-0.2, -0.15) is 10.2 Å². The third-order valence-corrected chi connectivity index (χ3v) is 5.79. The van der Waals surface area contributed by atoms with Gasteiger partial charge in [0, 0.05) is 49.5 Å². The highest BCUT2D eigenvalue weighted by Gasteiger charge is 2.20. The van der Waals surface area contributed by atoms with Crippen LogP contribution in [0.5, 0.6) is 0 Å². The molecule has 150 valence electrons. The van der Waals surface area contributed by atoms with E-state index in [0.717, 1.165) is 76.6 Å². The minimum Gasteiger partial charge on any atom is -0.353 e. The number of nitrogens with one attached hydrogen (secondary N) is 3. The van der Waals surface area contributed by atoms with Gasteiger partial charge in [0.25, 0.3) is 0 Å². The highest BCUT2D eigenvalue weighted by molar-refractivity contribution is 5.98. The summed E-state index contributed by atoms with van der Waals surface area (Å²) in [5.41, 5.74) is 6.31. The highest BCUT2D eigenvalue weighted by Crippen LogP contribution is 2.32. The molecule has 9 nitrogen and oxygen atoms in total. The number of aromatic amines is 3. The molecule has 6 rings (SSSR count). The Labute approximate surface area is 172 Å². The maximum Gasteiger partial charge on any atom is 0.138 e. The summed E-state index contributed by atoms with van der Waals surface area (Å²) in [5, 5.41) is 15.6. The van der Waals surface area contributed by atoms with Gasteiger partial charge in [-0.05, 0) is 31.3 Å². The van der Waals surface area contributed by atoms with Crippen molar-refractivity contribution in [2.75, 3.05) is 38.1 Å². The number of aromatic nitrogens is 7. The molecule has 0 spiro atoms. The first kappa shape index (κ1) is 17.2. The summed E-state index contributed by atoms with van der Waals surface area (Å²) in [7, 11) is 2.16. The molecule has 1 aliphatic rings. The summed E-state index contributed by atoms with van der Waals surface area (Å²) in [6.07, 6.45) is 5.48. The van der Waals surface area contributed by atoms with Crippen molar-refractivity contribution in [3.05, 3.63) is 42.9 Å². The minimum atomic E-state index is 0.802. The summed E-state index contributed by atoms with van der Waals surface area (Å²) in [6, 6.07) is 8.12. The van der Waals surface area contributed by atoms with Crippen LogP contribution in [0.2, 0.25) is 0 Å². The molecule has 0 aliphatic carbocycles. The van der Waals surface area contributed by atoms with E-state index in [2.05, 4.69) is 48.3 Å². The first-order chi connectivity index (χ1) is 14.8. The molecule has 0 atom stereocenters. The quantitative estimate of drug-likeness (QED) is 0.431. The Kier molecular flexibility index (Phi) is 3.81. The van der Waals surface area contributed by atoms with Gasteiger partial charge in [0.2, 0.25) is 0 Å². The lowest BCUT2D eigenvalue weighted by Crippen LogP contribution is -2.44. The highest BCUT2D eigenvalue weighted by atomic mass is 15.3. The monoisotopic (exact) mass is 399 g/mol. The van der Waals surface area contributed by atoms with Crippen molar-refractivity contribution in [3.8, 4) is 22.6 Å². The maximum absolute atomic E-state index is 4.84. The predicted molar refractivity (Wildman–Crippen MR) is 116 cm³/mol. The molecular weight excluding hydrogens is 378 g/mol. The number of piperazine rings is 1. The van der Waals surface area contributed by atoms with Crippen molar-refractivity contribution < 1.29 is 0 Å². The molecule has 1 fully saturated rings. The van der Waals surface area contributed by atoms with Crippen LogP contribution in [0.3, 0.4) is 0 Å². The Hall–Kier alpha value is -3.72. The number of H-pyrrole nitrogens is 3. The first-order valence-corrected chi connectivity index (χ1v) is 10.0. The number of hydrogen-bond acceptors (Lipinski definition) is 6. The zero-order chi connectivity index (χ0) is 20.1. The smallest absolute Gasteiger partial charge is 0.138 e. The normalized spacial score (nSPS) is 15.4. The largest absolute Gasteiger partial charge is 0.353 e. The van der Waals surface area contributed by atoms with E-state index >= 15 is 0 Å². The number of hydrogen-bond donors (Lipinski definition) is 3. The van der Waals surface area contributed by atoms with Crippen molar-refractivity contribution in [2.24, 2.45) is 0 Å². The van der Waals surface area contributed by atoms with Gasteiger partial charge in [0.15, 0.2) is 0 Å². The van der Waals surface area contributed by atoms with E-state index in [4.69, 9.17) is 9.97 Å². The third-order valence-electron chi connectivity index (χ3n) is 5.79. The molecule has 6 heterocycles. The van der Waals surface area contributed by atoms with Crippen LogP contribution in [-0.2, 0) is 0 Å². The Bertz CT molecular complexity index is 1320. The molecule has 30 heavy (non-hydrogen) atoms. The molecule has 3 N–H and O–H groups in total. The summed E-state index contributed by atoms with van der Waals surface area (Å²) in [4.78, 5) is 17.8. The topological polar surface area (TPSA) is 105 Å². The van der Waals surface area contributed by atoms with Crippen LogP contribution in [0, 0.1) is 0 Å². The van der Waals surface area contributed by atoms with Gasteiger partial charge in [-0.15, -0.1) is 0 Å². The number of nitrogens with zero attached hydrogens (tertiary/aromatic N) is 6. The fraction of sp³-hybridized carbons (Fsp3) is 0.238. The van der Waals surface area contributed by atoms with E-state index in [0.29, 0.717) is 0 Å². The Balaban J connectivity index is 1.45. The fourth-order valence-corrected chi connectivity index (χ4v) is 4.08. The summed E-state index contributed by atoms with van der Waals surface area (Å²) in [6.45, 7) is 4.04. The molecule has 0 radical (unpaired) electrons. The average Bonchev–Trinajstić information content (AvgIpc) is 3.52. The SMILES string of the molecule is CN1CCN(c2nccc3[nH]c(-c4n[nH]c5ccc(-c6cn[nH]c6)nc45)cc23)CC1. The molecule has 5 aromatic rings. The second-order valence-corrected chi connectivity index (χ2v) is 7.72. The van der Waals surface area contributed by atoms with E-state index in [-0.39, 0.29) is 0 Å². The fourth-order valence-electron chi connectivity index (χ4n) is 4.08. The van der Waals surface area contributed by atoms with E-state index in [9.17, 15) is 0 Å². The summed E-state index contributed by atoms with van der Waals surface area (Å²) < 4.78 is 0. The number of fused-ring (bicyclic) bond motifs is 2. The lowest BCUT2D eigenvalue weighted by molar-refractivity contribution is 0.312. The van der Waals surface area contributed by atoms with E-state index in [1.54, 1.807) is 6.20 Å². The number of pyridine rings is 2. The number of likely N-dealkylation sites (N-methyl/N-ethyl adjacent to an activating group) is 1. The maximum atomic E-state index is 4.84. The van der Waals surface area contributed by atoms with Gasteiger partial charge in [0.05, 0.1) is 28.6 Å². The molecule has 0 aromatic carbocycles. The van der Waals surface area contributed by atoms with Crippen LogP contribution >= 0.6 is 0 Å². The van der Waals surface area contributed by atoms with E-state index < -0.39 is 0 Å². The minimum absolute atomic E-state index is 0.802. The second kappa shape index (κ2) is 6.67. The summed E-state index contributed by atoms with van der Waals surface area (Å²) in [5.74, 6) is 1.02. The molecule has 0 saturated carbocycles. The summed E-state index contributed by atoms with van der Waals surface area (Å²) >= 11 is 0. The van der Waals surface area contributed by atoms with Crippen molar-refractivity contribution in [2.45, 2.75) is 0 Å². The molecule has 9 heteroatoms. The van der Waals surface area contributed by atoms with Crippen LogP contribution < -0.4 is 4.90 Å². The molecule has 0 amide bonds. The lowest BCUT2D eigenvalue weighted by atomic mass is 10.2. The molecule has 0 unspecified atom stereocenters. The second-order valence-electron chi connectivity index (χ2n) is 7.72. The van der Waals surface area contributed by atoms with E-state index in [1.165, 1.54) is 0 Å². The van der Waals surface area contributed by atoms with Gasteiger partial charge < -0.3 is 14.8 Å². The van der Waals surface area contributed by atoms with Crippen LogP contribution in [0.15, 0.2) is 42.9 Å². The predicted octanol–water partition coefficient (Wildman–Crippen LogP) is 2.64. The van der Waals surface area contributed by atoms with Crippen molar-refractivity contribution >= 4 is 27.8 Å². The van der Waals surface area contributed by atoms with Crippen molar-refractivity contribution in [3.63, 3.8) is 0 Å². The Morgan fingerprint density at radius 3 is 2.77 bits per heavy atom. The standard InChI is InChI=1S/C21H21N9/c1-29-6-8-30(9-7-29)21-14-10-18(25-16(14)4-5-22-21)20-19-17(27-28-20)3-2-15(26-19)13-11-23-24-12-13/h2-5,10-12,25H,6-9H2,1H3,(H,23,24)(H,27,28). The van der Waals surface area contributed by atoms with Gasteiger partial charge >= 0.3 is 0 Å². The van der Waals surface area contributed by atoms with Crippen molar-refractivity contribution in [1.29, 1.82) is 0 Å². The molecule has 0 bridgehead atoms. The number of anilines is 1. The average molecular weight is 399 g/mol. The molecule has 1 aliphatic heterocycles. The van der Waals surface area contributed by atoms with Gasteiger partial charge in [-0.25, -0.2) is 9.97 Å². The molecular formula is C21H21N9. The first-order valence-electron chi connectivity index (χ1n) is 10.0.